The van der Waals surface area contributed by atoms with E-state index in [1.54, 1.807) is 36.4 Å². The average molecular weight is 391 g/mol. The highest BCUT2D eigenvalue weighted by atomic mass is 35.5. The molecule has 0 saturated heterocycles. The normalized spacial score (nSPS) is 11.0. The summed E-state index contributed by atoms with van der Waals surface area (Å²) in [6, 6.07) is 23.3. The topological polar surface area (TPSA) is 58.2 Å². The molecule has 0 aliphatic rings. The fraction of sp³-hybridized carbons (Fsp3) is 0.0435. The summed E-state index contributed by atoms with van der Waals surface area (Å²) in [5.41, 5.74) is 3.04. The van der Waals surface area contributed by atoms with E-state index in [0.717, 1.165) is 11.1 Å². The fourth-order valence-electron chi connectivity index (χ4n) is 2.59. The lowest BCUT2D eigenvalue weighted by Gasteiger charge is -2.12. The lowest BCUT2D eigenvalue weighted by Crippen LogP contribution is -2.30. The Bertz CT molecular complexity index is 1010. The zero-order valence-corrected chi connectivity index (χ0v) is 16.0. The molecule has 28 heavy (non-hydrogen) atoms. The Morgan fingerprint density at radius 2 is 1.61 bits per heavy atom. The van der Waals surface area contributed by atoms with E-state index in [-0.39, 0.29) is 5.70 Å². The molecule has 5 heteroatoms. The molecule has 0 fully saturated rings. The van der Waals surface area contributed by atoms with Crippen LogP contribution in [-0.2, 0) is 4.79 Å². The maximum absolute atomic E-state index is 12.8. The number of benzene rings is 3. The summed E-state index contributed by atoms with van der Waals surface area (Å²) < 4.78 is 0. The minimum absolute atomic E-state index is 0.146. The largest absolute Gasteiger partial charge is 0.321 e. The Labute approximate surface area is 168 Å². The van der Waals surface area contributed by atoms with Gasteiger partial charge in [0.2, 0.25) is 0 Å². The maximum atomic E-state index is 12.8. The second-order valence-corrected chi connectivity index (χ2v) is 6.69. The van der Waals surface area contributed by atoms with Crippen molar-refractivity contribution in [3.05, 3.63) is 106 Å². The monoisotopic (exact) mass is 390 g/mol. The Morgan fingerprint density at radius 3 is 2.29 bits per heavy atom. The van der Waals surface area contributed by atoms with Crippen molar-refractivity contribution < 1.29 is 9.59 Å². The molecule has 3 rings (SSSR count). The van der Waals surface area contributed by atoms with Crippen LogP contribution in [0.1, 0.15) is 21.5 Å². The molecule has 3 aromatic carbocycles. The molecule has 140 valence electrons. The van der Waals surface area contributed by atoms with Gasteiger partial charge in [-0.05, 0) is 60.5 Å². The van der Waals surface area contributed by atoms with E-state index in [9.17, 15) is 9.59 Å². The van der Waals surface area contributed by atoms with Gasteiger partial charge in [-0.15, -0.1) is 0 Å². The van der Waals surface area contributed by atoms with Gasteiger partial charge in [0.15, 0.2) is 0 Å². The van der Waals surface area contributed by atoms with Crippen LogP contribution in [0.5, 0.6) is 0 Å². The van der Waals surface area contributed by atoms with E-state index < -0.39 is 11.8 Å². The maximum Gasteiger partial charge on any atom is 0.272 e. The Morgan fingerprint density at radius 1 is 0.893 bits per heavy atom. The second-order valence-electron chi connectivity index (χ2n) is 6.25. The lowest BCUT2D eigenvalue weighted by molar-refractivity contribution is -0.113. The van der Waals surface area contributed by atoms with Crippen LogP contribution >= 0.6 is 11.6 Å². The third-order valence-electron chi connectivity index (χ3n) is 3.99. The predicted molar refractivity (Wildman–Crippen MR) is 113 cm³/mol. The van der Waals surface area contributed by atoms with Crippen molar-refractivity contribution in [3.8, 4) is 0 Å². The first-order valence-corrected chi connectivity index (χ1v) is 9.11. The van der Waals surface area contributed by atoms with E-state index in [1.165, 1.54) is 0 Å². The summed E-state index contributed by atoms with van der Waals surface area (Å²) >= 11 is 5.88. The molecule has 2 amide bonds. The molecule has 2 N–H and O–H groups in total. The van der Waals surface area contributed by atoms with E-state index >= 15 is 0 Å². The van der Waals surface area contributed by atoms with Gasteiger partial charge in [-0.2, -0.15) is 0 Å². The van der Waals surface area contributed by atoms with Gasteiger partial charge in [0.05, 0.1) is 0 Å². The number of aryl methyl sites for hydroxylation is 1. The zero-order chi connectivity index (χ0) is 19.9. The summed E-state index contributed by atoms with van der Waals surface area (Å²) in [6.45, 7) is 1.94. The quantitative estimate of drug-likeness (QED) is 0.598. The molecule has 0 spiro atoms. The Hall–Kier alpha value is -3.37. The van der Waals surface area contributed by atoms with Crippen molar-refractivity contribution in [3.63, 3.8) is 0 Å². The number of halogens is 1. The van der Waals surface area contributed by atoms with E-state index in [4.69, 9.17) is 11.6 Å². The van der Waals surface area contributed by atoms with Crippen LogP contribution in [0.25, 0.3) is 6.08 Å². The Balaban J connectivity index is 1.86. The van der Waals surface area contributed by atoms with E-state index in [2.05, 4.69) is 10.6 Å². The van der Waals surface area contributed by atoms with Gasteiger partial charge in [0, 0.05) is 16.3 Å². The minimum Gasteiger partial charge on any atom is -0.321 e. The summed E-state index contributed by atoms with van der Waals surface area (Å²) in [6.07, 6.45) is 1.64. The van der Waals surface area contributed by atoms with Crippen LogP contribution in [0, 0.1) is 6.92 Å². The van der Waals surface area contributed by atoms with Crippen LogP contribution in [0.2, 0.25) is 5.02 Å². The number of nitrogens with one attached hydrogen (secondary N) is 2. The lowest BCUT2D eigenvalue weighted by atomic mass is 10.1. The van der Waals surface area contributed by atoms with Crippen molar-refractivity contribution in [1.82, 2.24) is 5.32 Å². The highest BCUT2D eigenvalue weighted by molar-refractivity contribution is 6.30. The molecule has 0 aliphatic heterocycles. The van der Waals surface area contributed by atoms with Crippen LogP contribution < -0.4 is 10.6 Å². The molecule has 0 aliphatic carbocycles. The number of anilines is 1. The molecule has 0 saturated carbocycles. The van der Waals surface area contributed by atoms with Gasteiger partial charge in [-0.3, -0.25) is 9.59 Å². The molecule has 4 nitrogen and oxygen atoms in total. The number of hydrogen-bond acceptors (Lipinski definition) is 2. The highest BCUT2D eigenvalue weighted by Gasteiger charge is 2.15. The second kappa shape index (κ2) is 9.02. The fourth-order valence-corrected chi connectivity index (χ4v) is 2.72. The van der Waals surface area contributed by atoms with Crippen molar-refractivity contribution in [2.45, 2.75) is 6.92 Å². The third-order valence-corrected chi connectivity index (χ3v) is 4.24. The van der Waals surface area contributed by atoms with Gasteiger partial charge in [0.1, 0.15) is 5.70 Å². The number of hydrogen-bond donors (Lipinski definition) is 2. The van der Waals surface area contributed by atoms with Crippen molar-refractivity contribution >= 4 is 35.2 Å². The van der Waals surface area contributed by atoms with E-state index in [0.29, 0.717) is 16.3 Å². The van der Waals surface area contributed by atoms with Gasteiger partial charge in [-0.1, -0.05) is 54.1 Å². The first-order chi connectivity index (χ1) is 13.5. The van der Waals surface area contributed by atoms with Crippen LogP contribution in [0.4, 0.5) is 5.69 Å². The number of carbonyl (C=O) groups is 2. The summed E-state index contributed by atoms with van der Waals surface area (Å²) in [5.74, 6) is -0.796. The van der Waals surface area contributed by atoms with Crippen LogP contribution in [-0.4, -0.2) is 11.8 Å². The molecule has 0 unspecified atom stereocenters. The molecule has 0 aromatic heterocycles. The van der Waals surface area contributed by atoms with Gasteiger partial charge in [0.25, 0.3) is 11.8 Å². The first kappa shape index (κ1) is 19.4. The molecular weight excluding hydrogens is 372 g/mol. The van der Waals surface area contributed by atoms with Crippen LogP contribution in [0.15, 0.2) is 84.6 Å². The SMILES string of the molecule is Cc1cccc(NC(=O)/C(=C/c2ccccc2)NC(=O)c2ccc(Cl)cc2)c1. The number of rotatable bonds is 5. The smallest absolute Gasteiger partial charge is 0.272 e. The molecule has 0 atom stereocenters. The average Bonchev–Trinajstić information content (AvgIpc) is 2.68. The van der Waals surface area contributed by atoms with Gasteiger partial charge >= 0.3 is 0 Å². The predicted octanol–water partition coefficient (Wildman–Crippen LogP) is 5.06. The molecular formula is C23H19ClN2O2. The molecule has 0 heterocycles. The molecule has 0 radical (unpaired) electrons. The highest BCUT2D eigenvalue weighted by Crippen LogP contribution is 2.14. The van der Waals surface area contributed by atoms with Crippen molar-refractivity contribution in [2.24, 2.45) is 0 Å². The Kier molecular flexibility index (Phi) is 6.25. The standard InChI is InChI=1S/C23H19ClN2O2/c1-16-6-5-9-20(14-16)25-23(28)21(15-17-7-3-2-4-8-17)26-22(27)18-10-12-19(24)13-11-18/h2-15H,1H3,(H,25,28)(H,26,27)/b21-15-. The van der Waals surface area contributed by atoms with E-state index in [1.807, 2.05) is 55.5 Å². The van der Waals surface area contributed by atoms with Crippen molar-refractivity contribution in [2.75, 3.05) is 5.32 Å². The summed E-state index contributed by atoms with van der Waals surface area (Å²) in [7, 11) is 0. The number of amides is 2. The van der Waals surface area contributed by atoms with Crippen molar-refractivity contribution in [1.29, 1.82) is 0 Å². The van der Waals surface area contributed by atoms with Gasteiger partial charge < -0.3 is 10.6 Å². The summed E-state index contributed by atoms with van der Waals surface area (Å²) in [4.78, 5) is 25.4. The molecule has 0 bridgehead atoms. The zero-order valence-electron chi connectivity index (χ0n) is 15.3. The summed E-state index contributed by atoms with van der Waals surface area (Å²) in [5, 5.41) is 6.06. The van der Waals surface area contributed by atoms with Crippen LogP contribution in [0.3, 0.4) is 0 Å². The number of carbonyl (C=O) groups excluding carboxylic acids is 2. The molecule has 3 aromatic rings. The van der Waals surface area contributed by atoms with Gasteiger partial charge in [-0.25, -0.2) is 0 Å². The minimum atomic E-state index is -0.406. The first-order valence-electron chi connectivity index (χ1n) is 8.73. The third kappa shape index (κ3) is 5.32.